The number of aryl methyl sites for hydroxylation is 1. The van der Waals surface area contributed by atoms with E-state index in [4.69, 9.17) is 0 Å². The number of halogens is 1. The molecule has 2 unspecified atom stereocenters. The number of nitrogens with one attached hydrogen (secondary N) is 1. The van der Waals surface area contributed by atoms with Crippen LogP contribution in [-0.2, 0) is 0 Å². The van der Waals surface area contributed by atoms with Crippen LogP contribution in [0.2, 0.25) is 0 Å². The highest BCUT2D eigenvalue weighted by molar-refractivity contribution is 5.94. The Morgan fingerprint density at radius 3 is 2.95 bits per heavy atom. The van der Waals surface area contributed by atoms with Gasteiger partial charge in [0.1, 0.15) is 5.82 Å². The molecule has 0 aromatic heterocycles. The highest BCUT2D eigenvalue weighted by Gasteiger charge is 2.20. The number of carbonyl (C=O) groups excluding carboxylic acids is 1. The van der Waals surface area contributed by atoms with Crippen molar-refractivity contribution in [2.75, 3.05) is 6.54 Å². The molecule has 0 heterocycles. The van der Waals surface area contributed by atoms with Crippen LogP contribution in [0.1, 0.15) is 41.6 Å². The molecule has 1 aliphatic carbocycles. The third-order valence-corrected chi connectivity index (χ3v) is 3.73. The normalized spacial score (nSPS) is 23.1. The largest absolute Gasteiger partial charge is 0.393 e. The van der Waals surface area contributed by atoms with Gasteiger partial charge in [-0.25, -0.2) is 4.39 Å². The predicted octanol–water partition coefficient (Wildman–Crippen LogP) is 2.42. The van der Waals surface area contributed by atoms with Crippen molar-refractivity contribution in [3.8, 4) is 0 Å². The van der Waals surface area contributed by atoms with E-state index >= 15 is 0 Å². The van der Waals surface area contributed by atoms with E-state index in [9.17, 15) is 14.3 Å². The van der Waals surface area contributed by atoms with E-state index in [0.717, 1.165) is 25.7 Å². The van der Waals surface area contributed by atoms with Crippen LogP contribution < -0.4 is 5.32 Å². The number of aliphatic hydroxyl groups is 1. The molecule has 0 spiro atoms. The third-order valence-electron chi connectivity index (χ3n) is 3.73. The average Bonchev–Trinajstić information content (AvgIpc) is 2.39. The predicted molar refractivity (Wildman–Crippen MR) is 71.4 cm³/mol. The second-order valence-electron chi connectivity index (χ2n) is 5.36. The number of carbonyl (C=O) groups is 1. The molecule has 2 rings (SSSR count). The molecular weight excluding hydrogens is 245 g/mol. The van der Waals surface area contributed by atoms with Gasteiger partial charge in [-0.1, -0.05) is 6.42 Å². The highest BCUT2D eigenvalue weighted by atomic mass is 19.1. The van der Waals surface area contributed by atoms with Gasteiger partial charge in [-0.05, 0) is 55.9 Å². The van der Waals surface area contributed by atoms with Crippen LogP contribution in [-0.4, -0.2) is 23.7 Å². The third kappa shape index (κ3) is 3.77. The Kier molecular flexibility index (Phi) is 4.53. The minimum Gasteiger partial charge on any atom is -0.393 e. The summed E-state index contributed by atoms with van der Waals surface area (Å²) in [5.74, 6) is -0.135. The molecule has 4 heteroatoms. The smallest absolute Gasteiger partial charge is 0.251 e. The first-order valence-corrected chi connectivity index (χ1v) is 6.78. The lowest BCUT2D eigenvalue weighted by molar-refractivity contribution is 0.0873. The quantitative estimate of drug-likeness (QED) is 0.881. The van der Waals surface area contributed by atoms with Crippen LogP contribution in [0.25, 0.3) is 0 Å². The molecule has 3 nitrogen and oxygen atoms in total. The summed E-state index contributed by atoms with van der Waals surface area (Å²) >= 11 is 0. The summed E-state index contributed by atoms with van der Waals surface area (Å²) in [4.78, 5) is 11.9. The summed E-state index contributed by atoms with van der Waals surface area (Å²) in [5, 5.41) is 12.4. The van der Waals surface area contributed by atoms with Crippen LogP contribution >= 0.6 is 0 Å². The zero-order valence-corrected chi connectivity index (χ0v) is 11.2. The van der Waals surface area contributed by atoms with E-state index in [1.807, 2.05) is 0 Å². The van der Waals surface area contributed by atoms with Crippen molar-refractivity contribution in [2.45, 2.75) is 38.7 Å². The van der Waals surface area contributed by atoms with Crippen molar-refractivity contribution >= 4 is 5.91 Å². The molecule has 1 amide bonds. The van der Waals surface area contributed by atoms with Crippen LogP contribution in [0.5, 0.6) is 0 Å². The topological polar surface area (TPSA) is 49.3 Å². The molecule has 104 valence electrons. The molecule has 0 bridgehead atoms. The molecule has 2 atom stereocenters. The number of aliphatic hydroxyl groups excluding tert-OH is 1. The SMILES string of the molecule is Cc1cc(C(=O)NCC2CCCC(O)C2)ccc1F. The molecule has 19 heavy (non-hydrogen) atoms. The van der Waals surface area contributed by atoms with Gasteiger partial charge in [0.2, 0.25) is 0 Å². The monoisotopic (exact) mass is 265 g/mol. The van der Waals surface area contributed by atoms with Gasteiger partial charge in [-0.15, -0.1) is 0 Å². The minimum atomic E-state index is -0.299. The molecule has 1 aliphatic rings. The molecule has 1 aromatic carbocycles. The number of hydrogen-bond donors (Lipinski definition) is 2. The van der Waals surface area contributed by atoms with Gasteiger partial charge in [-0.2, -0.15) is 0 Å². The molecule has 1 fully saturated rings. The Balaban J connectivity index is 1.88. The van der Waals surface area contributed by atoms with Crippen LogP contribution in [0.4, 0.5) is 4.39 Å². The maximum atomic E-state index is 13.1. The summed E-state index contributed by atoms with van der Waals surface area (Å²) < 4.78 is 13.1. The van der Waals surface area contributed by atoms with Crippen LogP contribution in [0.15, 0.2) is 18.2 Å². The molecule has 1 saturated carbocycles. The zero-order chi connectivity index (χ0) is 13.8. The Hall–Kier alpha value is -1.42. The first-order chi connectivity index (χ1) is 9.06. The number of hydrogen-bond acceptors (Lipinski definition) is 2. The number of rotatable bonds is 3. The summed E-state index contributed by atoms with van der Waals surface area (Å²) in [6.45, 7) is 2.22. The Bertz CT molecular complexity index is 461. The molecular formula is C15H20FNO2. The van der Waals surface area contributed by atoms with Crippen LogP contribution in [0.3, 0.4) is 0 Å². The fourth-order valence-electron chi connectivity index (χ4n) is 2.57. The molecule has 0 aliphatic heterocycles. The van der Waals surface area contributed by atoms with Gasteiger partial charge in [-0.3, -0.25) is 4.79 Å². The number of amides is 1. The Morgan fingerprint density at radius 1 is 1.47 bits per heavy atom. The van der Waals surface area contributed by atoms with Crippen LogP contribution in [0, 0.1) is 18.7 Å². The summed E-state index contributed by atoms with van der Waals surface area (Å²) in [6, 6.07) is 4.36. The second kappa shape index (κ2) is 6.15. The summed E-state index contributed by atoms with van der Waals surface area (Å²) in [6.07, 6.45) is 3.44. The van der Waals surface area contributed by atoms with Gasteiger partial charge in [0.15, 0.2) is 0 Å². The van der Waals surface area contributed by atoms with Crippen molar-refractivity contribution in [3.63, 3.8) is 0 Å². The second-order valence-corrected chi connectivity index (χ2v) is 5.36. The first-order valence-electron chi connectivity index (χ1n) is 6.78. The molecule has 2 N–H and O–H groups in total. The van der Waals surface area contributed by atoms with E-state index in [1.54, 1.807) is 13.0 Å². The van der Waals surface area contributed by atoms with Gasteiger partial charge in [0, 0.05) is 12.1 Å². The molecule has 1 aromatic rings. The van der Waals surface area contributed by atoms with Crippen molar-refractivity contribution in [3.05, 3.63) is 35.1 Å². The van der Waals surface area contributed by atoms with Crippen molar-refractivity contribution in [2.24, 2.45) is 5.92 Å². The molecule has 0 saturated heterocycles. The van der Waals surface area contributed by atoms with Gasteiger partial charge < -0.3 is 10.4 Å². The van der Waals surface area contributed by atoms with Crippen molar-refractivity contribution < 1.29 is 14.3 Å². The van der Waals surface area contributed by atoms with Gasteiger partial charge in [0.25, 0.3) is 5.91 Å². The Morgan fingerprint density at radius 2 is 2.26 bits per heavy atom. The number of benzene rings is 1. The lowest BCUT2D eigenvalue weighted by Crippen LogP contribution is -2.33. The average molecular weight is 265 g/mol. The van der Waals surface area contributed by atoms with Gasteiger partial charge in [0.05, 0.1) is 6.10 Å². The van der Waals surface area contributed by atoms with E-state index in [2.05, 4.69) is 5.32 Å². The van der Waals surface area contributed by atoms with Gasteiger partial charge >= 0.3 is 0 Å². The van der Waals surface area contributed by atoms with E-state index in [1.165, 1.54) is 12.1 Å². The molecule has 0 radical (unpaired) electrons. The standard InChI is InChI=1S/C15H20FNO2/c1-10-7-12(5-6-14(10)16)15(19)17-9-11-3-2-4-13(18)8-11/h5-7,11,13,18H,2-4,8-9H2,1H3,(H,17,19). The fraction of sp³-hybridized carbons (Fsp3) is 0.533. The van der Waals surface area contributed by atoms with Crippen molar-refractivity contribution in [1.29, 1.82) is 0 Å². The van der Waals surface area contributed by atoms with Crippen molar-refractivity contribution in [1.82, 2.24) is 5.32 Å². The minimum absolute atomic E-state index is 0.178. The lowest BCUT2D eigenvalue weighted by Gasteiger charge is -2.25. The zero-order valence-electron chi connectivity index (χ0n) is 11.2. The van der Waals surface area contributed by atoms with E-state index in [-0.39, 0.29) is 17.8 Å². The maximum absolute atomic E-state index is 13.1. The fourth-order valence-corrected chi connectivity index (χ4v) is 2.57. The first kappa shape index (κ1) is 14.0. The maximum Gasteiger partial charge on any atom is 0.251 e. The lowest BCUT2D eigenvalue weighted by atomic mass is 9.87. The highest BCUT2D eigenvalue weighted by Crippen LogP contribution is 2.23. The van der Waals surface area contributed by atoms with E-state index < -0.39 is 0 Å². The Labute approximate surface area is 112 Å². The summed E-state index contributed by atoms with van der Waals surface area (Å²) in [7, 11) is 0. The summed E-state index contributed by atoms with van der Waals surface area (Å²) in [5.41, 5.74) is 0.955. The van der Waals surface area contributed by atoms with E-state index in [0.29, 0.717) is 23.6 Å².